The average Bonchev–Trinajstić information content (AvgIpc) is 2.45. The standard InChI is InChI=1S/C14H18N2O4/c1-3-5-8-15-11-9-10(16(18)19)6-7-13(11)20-12(4-2)14(15)17/h6-7,9,12H,3-5,8H2,1-2H3. The van der Waals surface area contributed by atoms with Gasteiger partial charge in [-0.05, 0) is 18.9 Å². The number of amides is 1. The molecule has 0 saturated heterocycles. The van der Waals surface area contributed by atoms with E-state index in [1.54, 1.807) is 11.0 Å². The SMILES string of the molecule is CCCCN1C(=O)C(CC)Oc2ccc([N+](=O)[O-])cc21. The van der Waals surface area contributed by atoms with E-state index in [2.05, 4.69) is 0 Å². The first-order chi connectivity index (χ1) is 9.58. The van der Waals surface area contributed by atoms with Crippen LogP contribution in [0.4, 0.5) is 11.4 Å². The lowest BCUT2D eigenvalue weighted by Gasteiger charge is -2.33. The number of ether oxygens (including phenoxy) is 1. The second-order valence-electron chi connectivity index (χ2n) is 4.77. The number of fused-ring (bicyclic) bond motifs is 1. The van der Waals surface area contributed by atoms with Gasteiger partial charge in [-0.1, -0.05) is 20.3 Å². The highest BCUT2D eigenvalue weighted by Crippen LogP contribution is 2.37. The van der Waals surface area contributed by atoms with Crippen LogP contribution in [0.2, 0.25) is 0 Å². The monoisotopic (exact) mass is 278 g/mol. The van der Waals surface area contributed by atoms with Crippen LogP contribution in [0.5, 0.6) is 5.75 Å². The number of hydrogen-bond donors (Lipinski definition) is 0. The number of carbonyl (C=O) groups excluding carboxylic acids is 1. The lowest BCUT2D eigenvalue weighted by Crippen LogP contribution is -2.46. The molecule has 0 fully saturated rings. The second kappa shape index (κ2) is 5.90. The Hall–Kier alpha value is -2.11. The Balaban J connectivity index is 2.41. The van der Waals surface area contributed by atoms with Crippen molar-refractivity contribution in [1.29, 1.82) is 0 Å². The topological polar surface area (TPSA) is 72.7 Å². The van der Waals surface area contributed by atoms with Crippen molar-refractivity contribution < 1.29 is 14.5 Å². The maximum atomic E-state index is 12.3. The van der Waals surface area contributed by atoms with Gasteiger partial charge in [0.15, 0.2) is 6.10 Å². The van der Waals surface area contributed by atoms with Crippen LogP contribution in [0, 0.1) is 10.1 Å². The van der Waals surface area contributed by atoms with E-state index in [-0.39, 0.29) is 11.6 Å². The zero-order valence-corrected chi connectivity index (χ0v) is 11.7. The second-order valence-corrected chi connectivity index (χ2v) is 4.77. The molecule has 20 heavy (non-hydrogen) atoms. The van der Waals surface area contributed by atoms with E-state index in [0.29, 0.717) is 24.4 Å². The van der Waals surface area contributed by atoms with Gasteiger partial charge in [0, 0.05) is 18.7 Å². The first kappa shape index (κ1) is 14.3. The minimum Gasteiger partial charge on any atom is -0.478 e. The van der Waals surface area contributed by atoms with E-state index in [1.165, 1.54) is 12.1 Å². The van der Waals surface area contributed by atoms with E-state index >= 15 is 0 Å². The highest BCUT2D eigenvalue weighted by molar-refractivity contribution is 6.00. The minimum absolute atomic E-state index is 0.0309. The molecule has 0 N–H and O–H groups in total. The molecule has 6 nitrogen and oxygen atoms in total. The molecule has 1 atom stereocenters. The van der Waals surface area contributed by atoms with Crippen molar-refractivity contribution in [2.24, 2.45) is 0 Å². The Bertz CT molecular complexity index is 530. The average molecular weight is 278 g/mol. The molecule has 1 aliphatic rings. The molecule has 0 saturated carbocycles. The van der Waals surface area contributed by atoms with Crippen LogP contribution in [-0.4, -0.2) is 23.5 Å². The normalized spacial score (nSPS) is 17.6. The van der Waals surface area contributed by atoms with Crippen LogP contribution < -0.4 is 9.64 Å². The predicted molar refractivity (Wildman–Crippen MR) is 75.1 cm³/mol. The molecule has 0 aliphatic carbocycles. The van der Waals surface area contributed by atoms with Gasteiger partial charge in [-0.3, -0.25) is 14.9 Å². The third kappa shape index (κ3) is 2.59. The molecule has 1 aliphatic heterocycles. The van der Waals surface area contributed by atoms with Crippen LogP contribution >= 0.6 is 0 Å². The van der Waals surface area contributed by atoms with Crippen LogP contribution in [-0.2, 0) is 4.79 Å². The Labute approximate surface area is 117 Å². The molecule has 1 aromatic rings. The molecule has 108 valence electrons. The van der Waals surface area contributed by atoms with Gasteiger partial charge in [-0.15, -0.1) is 0 Å². The summed E-state index contributed by atoms with van der Waals surface area (Å²) in [5, 5.41) is 10.9. The lowest BCUT2D eigenvalue weighted by molar-refractivity contribution is -0.384. The van der Waals surface area contributed by atoms with Gasteiger partial charge in [0.1, 0.15) is 5.75 Å². The Morgan fingerprint density at radius 2 is 2.15 bits per heavy atom. The van der Waals surface area contributed by atoms with Gasteiger partial charge in [-0.2, -0.15) is 0 Å². The fraction of sp³-hybridized carbons (Fsp3) is 0.500. The summed E-state index contributed by atoms with van der Waals surface area (Å²) in [6.07, 6.45) is 1.88. The number of nitro groups is 1. The zero-order valence-electron chi connectivity index (χ0n) is 11.7. The third-order valence-electron chi connectivity index (χ3n) is 3.36. The van der Waals surface area contributed by atoms with Crippen LogP contribution in [0.3, 0.4) is 0 Å². The van der Waals surface area contributed by atoms with Gasteiger partial charge in [0.25, 0.3) is 11.6 Å². The van der Waals surface area contributed by atoms with Gasteiger partial charge in [-0.25, -0.2) is 0 Å². The van der Waals surface area contributed by atoms with E-state index in [0.717, 1.165) is 12.8 Å². The summed E-state index contributed by atoms with van der Waals surface area (Å²) in [4.78, 5) is 24.4. The number of nitrogens with zero attached hydrogens (tertiary/aromatic N) is 2. The number of rotatable bonds is 5. The molecular weight excluding hydrogens is 260 g/mol. The maximum Gasteiger partial charge on any atom is 0.271 e. The summed E-state index contributed by atoms with van der Waals surface area (Å²) in [5.41, 5.74) is 0.471. The van der Waals surface area contributed by atoms with Crippen molar-refractivity contribution in [3.8, 4) is 5.75 Å². The molecule has 0 aromatic heterocycles. The summed E-state index contributed by atoms with van der Waals surface area (Å²) in [7, 11) is 0. The minimum atomic E-state index is -0.499. The molecule has 1 amide bonds. The number of nitro benzene ring substituents is 1. The van der Waals surface area contributed by atoms with Gasteiger partial charge in [0.2, 0.25) is 0 Å². The van der Waals surface area contributed by atoms with Crippen molar-refractivity contribution in [2.45, 2.75) is 39.2 Å². The smallest absolute Gasteiger partial charge is 0.271 e. The molecule has 0 radical (unpaired) electrons. The lowest BCUT2D eigenvalue weighted by atomic mass is 10.1. The van der Waals surface area contributed by atoms with Crippen molar-refractivity contribution in [3.05, 3.63) is 28.3 Å². The highest BCUT2D eigenvalue weighted by Gasteiger charge is 2.33. The fourth-order valence-electron chi connectivity index (χ4n) is 2.23. The summed E-state index contributed by atoms with van der Waals surface area (Å²) in [6, 6.07) is 4.38. The van der Waals surface area contributed by atoms with Crippen LogP contribution in [0.15, 0.2) is 18.2 Å². The Kier molecular flexibility index (Phi) is 4.22. The molecule has 0 bridgehead atoms. The highest BCUT2D eigenvalue weighted by atomic mass is 16.6. The maximum absolute atomic E-state index is 12.3. The van der Waals surface area contributed by atoms with Crippen molar-refractivity contribution >= 4 is 17.3 Å². The molecule has 1 unspecified atom stereocenters. The van der Waals surface area contributed by atoms with E-state index < -0.39 is 11.0 Å². The first-order valence-electron chi connectivity index (χ1n) is 6.85. The zero-order chi connectivity index (χ0) is 14.7. The number of anilines is 1. The number of hydrogen-bond acceptors (Lipinski definition) is 4. The molecule has 1 aromatic carbocycles. The molecule has 1 heterocycles. The number of unbranched alkanes of at least 4 members (excludes halogenated alkanes) is 1. The van der Waals surface area contributed by atoms with Crippen LogP contribution in [0.25, 0.3) is 0 Å². The summed E-state index contributed by atoms with van der Waals surface area (Å²) >= 11 is 0. The van der Waals surface area contributed by atoms with Crippen LogP contribution in [0.1, 0.15) is 33.1 Å². The van der Waals surface area contributed by atoms with Crippen molar-refractivity contribution in [2.75, 3.05) is 11.4 Å². The van der Waals surface area contributed by atoms with Gasteiger partial charge < -0.3 is 9.64 Å². The third-order valence-corrected chi connectivity index (χ3v) is 3.36. The van der Waals surface area contributed by atoms with E-state index in [1.807, 2.05) is 13.8 Å². The largest absolute Gasteiger partial charge is 0.478 e. The number of carbonyl (C=O) groups is 1. The quantitative estimate of drug-likeness (QED) is 0.613. The molecule has 2 rings (SSSR count). The molecular formula is C14H18N2O4. The summed E-state index contributed by atoms with van der Waals surface area (Å²) in [6.45, 7) is 4.48. The van der Waals surface area contributed by atoms with E-state index in [4.69, 9.17) is 4.74 Å². The summed E-state index contributed by atoms with van der Waals surface area (Å²) in [5.74, 6) is 0.423. The molecule has 0 spiro atoms. The van der Waals surface area contributed by atoms with Gasteiger partial charge >= 0.3 is 0 Å². The molecule has 6 heteroatoms. The van der Waals surface area contributed by atoms with Crippen molar-refractivity contribution in [3.63, 3.8) is 0 Å². The predicted octanol–water partition coefficient (Wildman–Crippen LogP) is 2.90. The number of non-ortho nitro benzene ring substituents is 1. The Morgan fingerprint density at radius 3 is 2.75 bits per heavy atom. The Morgan fingerprint density at radius 1 is 1.40 bits per heavy atom. The van der Waals surface area contributed by atoms with Gasteiger partial charge in [0.05, 0.1) is 10.6 Å². The fourth-order valence-corrected chi connectivity index (χ4v) is 2.23. The first-order valence-corrected chi connectivity index (χ1v) is 6.85. The summed E-state index contributed by atoms with van der Waals surface area (Å²) < 4.78 is 5.62. The number of benzene rings is 1. The van der Waals surface area contributed by atoms with E-state index in [9.17, 15) is 14.9 Å². The van der Waals surface area contributed by atoms with Crippen molar-refractivity contribution in [1.82, 2.24) is 0 Å².